The molecule has 0 aromatic carbocycles. The van der Waals surface area contributed by atoms with Crippen molar-refractivity contribution in [1.82, 2.24) is 20.0 Å². The van der Waals surface area contributed by atoms with Crippen LogP contribution in [0.25, 0.3) is 0 Å². The second-order valence-electron chi connectivity index (χ2n) is 8.85. The van der Waals surface area contributed by atoms with Crippen molar-refractivity contribution in [3.8, 4) is 0 Å². The van der Waals surface area contributed by atoms with Crippen molar-refractivity contribution >= 4 is 11.8 Å². The van der Waals surface area contributed by atoms with Crippen LogP contribution in [0.3, 0.4) is 0 Å². The van der Waals surface area contributed by atoms with Gasteiger partial charge in [0.1, 0.15) is 0 Å². The summed E-state index contributed by atoms with van der Waals surface area (Å²) in [6, 6.07) is 0. The van der Waals surface area contributed by atoms with E-state index in [0.717, 1.165) is 24.8 Å². The molecule has 2 heterocycles. The second kappa shape index (κ2) is 7.80. The summed E-state index contributed by atoms with van der Waals surface area (Å²) in [7, 11) is 0. The second-order valence-corrected chi connectivity index (χ2v) is 8.85. The van der Waals surface area contributed by atoms with Gasteiger partial charge in [-0.05, 0) is 29.7 Å². The highest BCUT2D eigenvalue weighted by Crippen LogP contribution is 2.42. The number of carbonyl (C=O) groups is 2. The van der Waals surface area contributed by atoms with E-state index in [1.165, 1.54) is 6.42 Å². The minimum atomic E-state index is 0.115. The highest BCUT2D eigenvalue weighted by molar-refractivity contribution is 5.81. The van der Waals surface area contributed by atoms with Crippen molar-refractivity contribution in [3.05, 3.63) is 18.0 Å². The van der Waals surface area contributed by atoms with Crippen LogP contribution in [0.15, 0.2) is 12.4 Å². The van der Waals surface area contributed by atoms with E-state index in [1.54, 1.807) is 12.4 Å². The summed E-state index contributed by atoms with van der Waals surface area (Å²) in [6.45, 7) is 9.36. The van der Waals surface area contributed by atoms with Crippen molar-refractivity contribution < 1.29 is 9.59 Å². The number of amides is 2. The molecule has 1 saturated heterocycles. The van der Waals surface area contributed by atoms with Crippen LogP contribution in [0, 0.1) is 17.3 Å². The Kier molecular flexibility index (Phi) is 5.68. The number of aromatic nitrogens is 2. The first kappa shape index (κ1) is 18.9. The molecule has 3 rings (SSSR count). The van der Waals surface area contributed by atoms with Crippen molar-refractivity contribution in [2.24, 2.45) is 17.3 Å². The number of H-pyrrole nitrogens is 1. The minimum Gasteiger partial charge on any atom is -0.339 e. The van der Waals surface area contributed by atoms with Gasteiger partial charge in [0.2, 0.25) is 11.8 Å². The molecule has 0 bridgehead atoms. The van der Waals surface area contributed by atoms with Gasteiger partial charge in [-0.3, -0.25) is 14.7 Å². The fourth-order valence-electron chi connectivity index (χ4n) is 4.53. The third kappa shape index (κ3) is 4.27. The van der Waals surface area contributed by atoms with Crippen LogP contribution in [0.4, 0.5) is 0 Å². The molecule has 6 heteroatoms. The molecule has 1 aliphatic heterocycles. The molecule has 1 aliphatic carbocycles. The van der Waals surface area contributed by atoms with E-state index in [0.29, 0.717) is 44.4 Å². The first-order valence-corrected chi connectivity index (χ1v) is 9.90. The molecule has 0 radical (unpaired) electrons. The molecular formula is C20H32N4O2. The van der Waals surface area contributed by atoms with Gasteiger partial charge >= 0.3 is 0 Å². The normalized spacial score (nSPS) is 24.6. The Morgan fingerprint density at radius 1 is 1.12 bits per heavy atom. The van der Waals surface area contributed by atoms with Crippen molar-refractivity contribution in [1.29, 1.82) is 0 Å². The fourth-order valence-corrected chi connectivity index (χ4v) is 4.53. The summed E-state index contributed by atoms with van der Waals surface area (Å²) >= 11 is 0. The van der Waals surface area contributed by atoms with E-state index in [9.17, 15) is 9.59 Å². The summed E-state index contributed by atoms with van der Waals surface area (Å²) < 4.78 is 0. The first-order chi connectivity index (χ1) is 12.4. The standard InChI is InChI=1S/C20H32N4O2/c1-20(2,3)17-7-5-4-6-16(17)19(26)24-10-8-23(9-11-24)18(25)12-15-13-21-22-14-15/h13-14,16-17H,4-12H2,1-3H3,(H,21,22)/t16-,17+/m0/s1. The van der Waals surface area contributed by atoms with E-state index >= 15 is 0 Å². The van der Waals surface area contributed by atoms with Crippen molar-refractivity contribution in [2.45, 2.75) is 52.9 Å². The van der Waals surface area contributed by atoms with E-state index in [-0.39, 0.29) is 17.2 Å². The molecule has 2 fully saturated rings. The van der Waals surface area contributed by atoms with Gasteiger partial charge in [-0.15, -0.1) is 0 Å². The largest absolute Gasteiger partial charge is 0.339 e. The van der Waals surface area contributed by atoms with Crippen LogP contribution in [0.2, 0.25) is 0 Å². The van der Waals surface area contributed by atoms with Crippen LogP contribution >= 0.6 is 0 Å². The lowest BCUT2D eigenvalue weighted by atomic mass is 9.66. The number of nitrogens with zero attached hydrogens (tertiary/aromatic N) is 3. The Hall–Kier alpha value is -1.85. The molecular weight excluding hydrogens is 328 g/mol. The third-order valence-electron chi connectivity index (χ3n) is 6.05. The summed E-state index contributed by atoms with van der Waals surface area (Å²) in [4.78, 5) is 29.4. The van der Waals surface area contributed by atoms with Crippen molar-refractivity contribution in [3.63, 3.8) is 0 Å². The number of carbonyl (C=O) groups excluding carboxylic acids is 2. The van der Waals surface area contributed by atoms with Crippen molar-refractivity contribution in [2.75, 3.05) is 26.2 Å². The molecule has 1 saturated carbocycles. The van der Waals surface area contributed by atoms with Gasteiger partial charge in [0.25, 0.3) is 0 Å². The zero-order valence-electron chi connectivity index (χ0n) is 16.3. The molecule has 2 aliphatic rings. The Balaban J connectivity index is 1.55. The van der Waals surface area contributed by atoms with Crippen LogP contribution in [-0.2, 0) is 16.0 Å². The Morgan fingerprint density at radius 3 is 2.38 bits per heavy atom. The molecule has 1 aromatic heterocycles. The molecule has 1 N–H and O–H groups in total. The number of aromatic amines is 1. The average Bonchev–Trinajstić information content (AvgIpc) is 3.13. The predicted molar refractivity (Wildman–Crippen MR) is 100 cm³/mol. The van der Waals surface area contributed by atoms with E-state index in [1.807, 2.05) is 9.80 Å². The van der Waals surface area contributed by atoms with Crippen LogP contribution < -0.4 is 0 Å². The average molecular weight is 361 g/mol. The smallest absolute Gasteiger partial charge is 0.227 e. The summed E-state index contributed by atoms with van der Waals surface area (Å²) in [5, 5.41) is 6.62. The van der Waals surface area contributed by atoms with E-state index in [2.05, 4.69) is 31.0 Å². The highest BCUT2D eigenvalue weighted by Gasteiger charge is 2.40. The fraction of sp³-hybridized carbons (Fsp3) is 0.750. The first-order valence-electron chi connectivity index (χ1n) is 9.90. The van der Waals surface area contributed by atoms with Gasteiger partial charge in [-0.25, -0.2) is 0 Å². The summed E-state index contributed by atoms with van der Waals surface area (Å²) in [6.07, 6.45) is 8.39. The molecule has 0 spiro atoms. The van der Waals surface area contributed by atoms with E-state index < -0.39 is 0 Å². The van der Waals surface area contributed by atoms with Gasteiger partial charge in [-0.1, -0.05) is 33.6 Å². The molecule has 0 unspecified atom stereocenters. The lowest BCUT2D eigenvalue weighted by molar-refractivity contribution is -0.145. The molecule has 1 aromatic rings. The monoisotopic (exact) mass is 360 g/mol. The topological polar surface area (TPSA) is 69.3 Å². The SMILES string of the molecule is CC(C)(C)[C@@H]1CCCC[C@@H]1C(=O)N1CCN(C(=O)Cc2cn[nH]c2)CC1. The summed E-state index contributed by atoms with van der Waals surface area (Å²) in [5.41, 5.74) is 1.08. The molecule has 144 valence electrons. The van der Waals surface area contributed by atoms with Crippen LogP contribution in [-0.4, -0.2) is 58.0 Å². The number of hydrogen-bond donors (Lipinski definition) is 1. The maximum Gasteiger partial charge on any atom is 0.227 e. The molecule has 6 nitrogen and oxygen atoms in total. The lowest BCUT2D eigenvalue weighted by Crippen LogP contribution is -2.53. The van der Waals surface area contributed by atoms with Gasteiger partial charge in [0.15, 0.2) is 0 Å². The Bertz CT molecular complexity index is 612. The number of nitrogens with one attached hydrogen (secondary N) is 1. The predicted octanol–water partition coefficient (Wildman–Crippen LogP) is 2.48. The summed E-state index contributed by atoms with van der Waals surface area (Å²) in [5.74, 6) is 1.04. The van der Waals surface area contributed by atoms with Crippen LogP contribution in [0.5, 0.6) is 0 Å². The zero-order chi connectivity index (χ0) is 18.7. The lowest BCUT2D eigenvalue weighted by Gasteiger charge is -2.43. The quantitative estimate of drug-likeness (QED) is 0.900. The number of rotatable bonds is 3. The van der Waals surface area contributed by atoms with Gasteiger partial charge < -0.3 is 9.80 Å². The maximum absolute atomic E-state index is 13.2. The zero-order valence-corrected chi connectivity index (χ0v) is 16.3. The van der Waals surface area contributed by atoms with Crippen LogP contribution in [0.1, 0.15) is 52.0 Å². The highest BCUT2D eigenvalue weighted by atomic mass is 16.2. The number of hydrogen-bond acceptors (Lipinski definition) is 3. The third-order valence-corrected chi connectivity index (χ3v) is 6.05. The Morgan fingerprint density at radius 2 is 1.77 bits per heavy atom. The molecule has 2 amide bonds. The van der Waals surface area contributed by atoms with Gasteiger partial charge in [0, 0.05) is 38.3 Å². The molecule has 2 atom stereocenters. The van der Waals surface area contributed by atoms with E-state index in [4.69, 9.17) is 0 Å². The van der Waals surface area contributed by atoms with Gasteiger partial charge in [0.05, 0.1) is 12.6 Å². The Labute approximate surface area is 156 Å². The van der Waals surface area contributed by atoms with Gasteiger partial charge in [-0.2, -0.15) is 5.10 Å². The minimum absolute atomic E-state index is 0.115. The maximum atomic E-state index is 13.2. The number of piperazine rings is 1. The molecule has 26 heavy (non-hydrogen) atoms.